The molecule has 0 saturated heterocycles. The summed E-state index contributed by atoms with van der Waals surface area (Å²) in [4.78, 5) is 9.83. The SMILES string of the molecule is C1=CCC(C=Nn2c(-c3ccc(-c4ccccc4)cc3)csc2=Nc2cccnc2)CC1. The van der Waals surface area contributed by atoms with Gasteiger partial charge in [0.1, 0.15) is 0 Å². The number of allylic oxidation sites excluding steroid dienone is 2. The summed E-state index contributed by atoms with van der Waals surface area (Å²) in [7, 11) is 0. The predicted molar refractivity (Wildman–Crippen MR) is 133 cm³/mol. The number of pyridine rings is 1. The molecule has 4 aromatic rings. The third kappa shape index (κ3) is 4.68. The van der Waals surface area contributed by atoms with Gasteiger partial charge in [-0.15, -0.1) is 11.3 Å². The Kier molecular flexibility index (Phi) is 6.17. The molecule has 0 saturated carbocycles. The van der Waals surface area contributed by atoms with Crippen LogP contribution in [-0.2, 0) is 0 Å². The molecular weight excluding hydrogens is 412 g/mol. The highest BCUT2D eigenvalue weighted by Gasteiger charge is 2.11. The van der Waals surface area contributed by atoms with Crippen molar-refractivity contribution in [1.82, 2.24) is 9.66 Å². The lowest BCUT2D eigenvalue weighted by Crippen LogP contribution is -2.13. The van der Waals surface area contributed by atoms with E-state index in [0.29, 0.717) is 5.92 Å². The highest BCUT2D eigenvalue weighted by molar-refractivity contribution is 7.07. The van der Waals surface area contributed by atoms with Gasteiger partial charge in [-0.2, -0.15) is 5.10 Å². The van der Waals surface area contributed by atoms with Crippen LogP contribution in [0.25, 0.3) is 22.4 Å². The first-order valence-electron chi connectivity index (χ1n) is 10.9. The molecule has 32 heavy (non-hydrogen) atoms. The van der Waals surface area contributed by atoms with Crippen molar-refractivity contribution in [3.8, 4) is 22.4 Å². The molecule has 0 fully saturated rings. The van der Waals surface area contributed by atoms with Gasteiger partial charge >= 0.3 is 0 Å². The van der Waals surface area contributed by atoms with Crippen LogP contribution in [0.3, 0.4) is 0 Å². The number of nitrogens with zero attached hydrogens (tertiary/aromatic N) is 4. The van der Waals surface area contributed by atoms with Gasteiger partial charge in [-0.3, -0.25) is 4.98 Å². The molecular formula is C27H24N4S. The Bertz CT molecular complexity index is 1280. The van der Waals surface area contributed by atoms with Gasteiger partial charge in [0.05, 0.1) is 17.6 Å². The molecule has 2 aromatic heterocycles. The largest absolute Gasteiger partial charge is 0.262 e. The second kappa shape index (κ2) is 9.71. The molecule has 0 aliphatic heterocycles. The van der Waals surface area contributed by atoms with Crippen molar-refractivity contribution in [3.63, 3.8) is 0 Å². The van der Waals surface area contributed by atoms with Gasteiger partial charge in [0.2, 0.25) is 4.80 Å². The number of thiazole rings is 1. The minimum atomic E-state index is 0.465. The van der Waals surface area contributed by atoms with E-state index in [9.17, 15) is 0 Å². The minimum absolute atomic E-state index is 0.465. The Labute approximate surface area is 192 Å². The summed E-state index contributed by atoms with van der Waals surface area (Å²) in [6, 6.07) is 23.0. The average Bonchev–Trinajstić information content (AvgIpc) is 3.27. The zero-order valence-corrected chi connectivity index (χ0v) is 18.5. The molecule has 2 heterocycles. The minimum Gasteiger partial charge on any atom is -0.262 e. The van der Waals surface area contributed by atoms with Crippen molar-refractivity contribution < 1.29 is 0 Å². The molecule has 5 heteroatoms. The van der Waals surface area contributed by atoms with Crippen molar-refractivity contribution in [2.75, 3.05) is 0 Å². The highest BCUT2D eigenvalue weighted by atomic mass is 32.1. The third-order valence-electron chi connectivity index (χ3n) is 5.55. The lowest BCUT2D eigenvalue weighted by molar-refractivity contribution is 0.622. The van der Waals surface area contributed by atoms with E-state index in [2.05, 4.69) is 77.3 Å². The molecule has 0 amide bonds. The number of aromatic nitrogens is 2. The van der Waals surface area contributed by atoms with Crippen LogP contribution >= 0.6 is 11.3 Å². The zero-order chi connectivity index (χ0) is 21.6. The van der Waals surface area contributed by atoms with E-state index >= 15 is 0 Å². The lowest BCUT2D eigenvalue weighted by Gasteiger charge is -2.12. The molecule has 4 nitrogen and oxygen atoms in total. The van der Waals surface area contributed by atoms with E-state index in [4.69, 9.17) is 10.1 Å². The maximum atomic E-state index is 4.90. The molecule has 1 atom stereocenters. The first-order valence-corrected chi connectivity index (χ1v) is 11.8. The summed E-state index contributed by atoms with van der Waals surface area (Å²) in [6.45, 7) is 0. The van der Waals surface area contributed by atoms with Gasteiger partial charge in [0.15, 0.2) is 0 Å². The molecule has 0 N–H and O–H groups in total. The summed E-state index contributed by atoms with van der Waals surface area (Å²) in [5, 5.41) is 7.03. The first kappa shape index (κ1) is 20.3. The second-order valence-corrected chi connectivity index (χ2v) is 8.63. The molecule has 5 rings (SSSR count). The van der Waals surface area contributed by atoms with Crippen LogP contribution < -0.4 is 4.80 Å². The molecule has 2 aromatic carbocycles. The molecule has 0 radical (unpaired) electrons. The maximum absolute atomic E-state index is 4.90. The van der Waals surface area contributed by atoms with Crippen molar-refractivity contribution in [3.05, 3.63) is 101 Å². The molecule has 1 unspecified atom stereocenters. The van der Waals surface area contributed by atoms with Gasteiger partial charge in [-0.05, 0) is 48.4 Å². The molecule has 158 valence electrons. The Hall–Kier alpha value is -3.57. The fourth-order valence-corrected chi connectivity index (χ4v) is 4.65. The van der Waals surface area contributed by atoms with Gasteiger partial charge < -0.3 is 0 Å². The van der Waals surface area contributed by atoms with Gasteiger partial charge in [0, 0.05) is 23.4 Å². The maximum Gasteiger partial charge on any atom is 0.211 e. The van der Waals surface area contributed by atoms with Crippen molar-refractivity contribution >= 4 is 23.2 Å². The molecule has 0 spiro atoms. The topological polar surface area (TPSA) is 42.5 Å². The van der Waals surface area contributed by atoms with E-state index in [0.717, 1.165) is 41.0 Å². The van der Waals surface area contributed by atoms with Crippen LogP contribution in [0.1, 0.15) is 19.3 Å². The van der Waals surface area contributed by atoms with E-state index in [1.165, 1.54) is 11.1 Å². The smallest absolute Gasteiger partial charge is 0.211 e. The zero-order valence-electron chi connectivity index (χ0n) is 17.7. The normalized spacial score (nSPS) is 16.6. The van der Waals surface area contributed by atoms with Crippen LogP contribution in [0, 0.1) is 5.92 Å². The number of hydrogen-bond acceptors (Lipinski definition) is 4. The van der Waals surface area contributed by atoms with Crippen LogP contribution in [0.2, 0.25) is 0 Å². The van der Waals surface area contributed by atoms with Crippen LogP contribution in [-0.4, -0.2) is 15.9 Å². The van der Waals surface area contributed by atoms with Gasteiger partial charge in [-0.25, -0.2) is 9.67 Å². The Morgan fingerprint density at radius 1 is 0.906 bits per heavy atom. The summed E-state index contributed by atoms with van der Waals surface area (Å²) < 4.78 is 1.97. The van der Waals surface area contributed by atoms with E-state index in [1.807, 2.05) is 22.9 Å². The van der Waals surface area contributed by atoms with E-state index in [-0.39, 0.29) is 0 Å². The Balaban J connectivity index is 1.53. The predicted octanol–water partition coefficient (Wildman–Crippen LogP) is 6.70. The molecule has 0 bridgehead atoms. The fraction of sp³-hybridized carbons (Fsp3) is 0.148. The van der Waals surface area contributed by atoms with Crippen LogP contribution in [0.4, 0.5) is 5.69 Å². The third-order valence-corrected chi connectivity index (χ3v) is 6.36. The van der Waals surface area contributed by atoms with Crippen molar-refractivity contribution in [2.24, 2.45) is 16.0 Å². The Morgan fingerprint density at radius 2 is 1.72 bits per heavy atom. The standard InChI is InChI=1S/C27H24N4S/c1-3-8-21(9-4-1)18-29-31-26(20-32-27(31)30-25-12-7-17-28-19-25)24-15-13-23(14-16-24)22-10-5-2-6-11-22/h1-3,5-7,10-21H,4,8-9H2. The van der Waals surface area contributed by atoms with Gasteiger partial charge in [-0.1, -0.05) is 66.7 Å². The average molecular weight is 437 g/mol. The molecule has 1 aliphatic rings. The summed E-state index contributed by atoms with van der Waals surface area (Å²) in [5.74, 6) is 0.465. The summed E-state index contributed by atoms with van der Waals surface area (Å²) in [5.41, 5.74) is 5.40. The second-order valence-electron chi connectivity index (χ2n) is 7.79. The van der Waals surface area contributed by atoms with Crippen LogP contribution in [0.15, 0.2) is 107 Å². The van der Waals surface area contributed by atoms with Gasteiger partial charge in [0.25, 0.3) is 0 Å². The fourth-order valence-electron chi connectivity index (χ4n) is 3.79. The first-order chi connectivity index (χ1) is 15.9. The monoisotopic (exact) mass is 436 g/mol. The summed E-state index contributed by atoms with van der Waals surface area (Å²) in [6.07, 6.45) is 13.4. The van der Waals surface area contributed by atoms with Crippen molar-refractivity contribution in [1.29, 1.82) is 0 Å². The number of rotatable bonds is 5. The van der Waals surface area contributed by atoms with E-state index in [1.54, 1.807) is 23.7 Å². The number of hydrogen-bond donors (Lipinski definition) is 0. The highest BCUT2D eigenvalue weighted by Crippen LogP contribution is 2.26. The van der Waals surface area contributed by atoms with Crippen molar-refractivity contribution in [2.45, 2.75) is 19.3 Å². The summed E-state index contributed by atoms with van der Waals surface area (Å²) >= 11 is 1.59. The Morgan fingerprint density at radius 3 is 2.47 bits per heavy atom. The van der Waals surface area contributed by atoms with E-state index < -0.39 is 0 Å². The lowest BCUT2D eigenvalue weighted by atomic mass is 9.96. The number of benzene rings is 2. The molecule has 1 aliphatic carbocycles. The quantitative estimate of drug-likeness (QED) is 0.253. The van der Waals surface area contributed by atoms with Crippen LogP contribution in [0.5, 0.6) is 0 Å².